The van der Waals surface area contributed by atoms with E-state index in [9.17, 15) is 9.18 Å². The van der Waals surface area contributed by atoms with Crippen LogP contribution < -0.4 is 4.90 Å². The number of fused-ring (bicyclic) bond motifs is 1. The van der Waals surface area contributed by atoms with E-state index < -0.39 is 0 Å². The van der Waals surface area contributed by atoms with Crippen LogP contribution in [0, 0.1) is 5.82 Å². The Morgan fingerprint density at radius 3 is 2.43 bits per heavy atom. The molecule has 0 aliphatic carbocycles. The zero-order valence-electron chi connectivity index (χ0n) is 15.3. The zero-order chi connectivity index (χ0) is 19.5. The van der Waals surface area contributed by atoms with Gasteiger partial charge >= 0.3 is 0 Å². The molecule has 3 nitrogen and oxygen atoms in total. The summed E-state index contributed by atoms with van der Waals surface area (Å²) in [6, 6.07) is 18.6. The van der Waals surface area contributed by atoms with E-state index in [1.54, 1.807) is 12.1 Å². The van der Waals surface area contributed by atoms with E-state index in [2.05, 4.69) is 0 Å². The number of para-hydroxylation sites is 1. The van der Waals surface area contributed by atoms with Crippen molar-refractivity contribution in [2.45, 2.75) is 4.90 Å². The number of halogens is 2. The average molecular weight is 415 g/mol. The van der Waals surface area contributed by atoms with Gasteiger partial charge in [-0.2, -0.15) is 0 Å². The van der Waals surface area contributed by atoms with Crippen LogP contribution in [0.5, 0.6) is 0 Å². The average Bonchev–Trinajstić information content (AvgIpc) is 2.72. The minimum absolute atomic E-state index is 0.0993. The van der Waals surface area contributed by atoms with Crippen LogP contribution in [0.15, 0.2) is 65.6 Å². The number of hydrogen-bond donors (Lipinski definition) is 0. The lowest BCUT2D eigenvalue weighted by Gasteiger charge is -2.36. The highest BCUT2D eigenvalue weighted by Gasteiger charge is 2.22. The molecule has 0 saturated carbocycles. The first-order valence-corrected chi connectivity index (χ1v) is 10.6. The summed E-state index contributed by atoms with van der Waals surface area (Å²) in [6.07, 6.45) is 0. The van der Waals surface area contributed by atoms with Crippen molar-refractivity contribution in [3.63, 3.8) is 0 Å². The summed E-state index contributed by atoms with van der Waals surface area (Å²) < 4.78 is 14.0. The highest BCUT2D eigenvalue weighted by atomic mass is 35.5. The van der Waals surface area contributed by atoms with Crippen molar-refractivity contribution in [3.05, 3.63) is 71.5 Å². The second-order valence-corrected chi connectivity index (χ2v) is 8.13. The lowest BCUT2D eigenvalue weighted by Crippen LogP contribution is -2.49. The van der Waals surface area contributed by atoms with E-state index in [1.807, 2.05) is 52.3 Å². The van der Waals surface area contributed by atoms with Gasteiger partial charge in [0.25, 0.3) is 0 Å². The fourth-order valence-corrected chi connectivity index (χ4v) is 4.87. The predicted octanol–water partition coefficient (Wildman–Crippen LogP) is 5.07. The number of anilines is 1. The van der Waals surface area contributed by atoms with Crippen molar-refractivity contribution >= 4 is 45.7 Å². The summed E-state index contributed by atoms with van der Waals surface area (Å²) in [5, 5.41) is 2.77. The van der Waals surface area contributed by atoms with Crippen LogP contribution in [0.4, 0.5) is 10.1 Å². The Labute approximate surface area is 173 Å². The van der Waals surface area contributed by atoms with E-state index in [1.165, 1.54) is 17.8 Å². The summed E-state index contributed by atoms with van der Waals surface area (Å²) in [4.78, 5) is 17.6. The number of amides is 1. The molecule has 0 unspecified atom stereocenters. The van der Waals surface area contributed by atoms with E-state index in [4.69, 9.17) is 11.6 Å². The molecule has 0 spiro atoms. The van der Waals surface area contributed by atoms with Gasteiger partial charge in [0, 0.05) is 41.5 Å². The second-order valence-electron chi connectivity index (χ2n) is 6.70. The summed E-state index contributed by atoms with van der Waals surface area (Å²) in [5.74, 6) is 0.247. The van der Waals surface area contributed by atoms with Crippen LogP contribution in [-0.4, -0.2) is 42.7 Å². The van der Waals surface area contributed by atoms with Crippen molar-refractivity contribution in [2.24, 2.45) is 0 Å². The molecule has 144 valence electrons. The summed E-state index contributed by atoms with van der Waals surface area (Å²) >= 11 is 7.88. The van der Waals surface area contributed by atoms with Crippen LogP contribution in [0.1, 0.15) is 0 Å². The van der Waals surface area contributed by atoms with E-state index in [-0.39, 0.29) is 11.7 Å². The lowest BCUT2D eigenvalue weighted by molar-refractivity contribution is -0.128. The Hall–Kier alpha value is -2.24. The zero-order valence-corrected chi connectivity index (χ0v) is 16.8. The molecule has 1 aliphatic rings. The number of piperazine rings is 1. The Morgan fingerprint density at radius 1 is 0.964 bits per heavy atom. The van der Waals surface area contributed by atoms with Crippen molar-refractivity contribution in [3.8, 4) is 0 Å². The maximum Gasteiger partial charge on any atom is 0.233 e. The predicted molar refractivity (Wildman–Crippen MR) is 115 cm³/mol. The topological polar surface area (TPSA) is 23.6 Å². The molecule has 6 heteroatoms. The van der Waals surface area contributed by atoms with Gasteiger partial charge in [0.2, 0.25) is 5.91 Å². The van der Waals surface area contributed by atoms with Crippen molar-refractivity contribution in [1.82, 2.24) is 4.90 Å². The molecule has 1 heterocycles. The van der Waals surface area contributed by atoms with Crippen LogP contribution in [-0.2, 0) is 4.79 Å². The molecule has 0 atom stereocenters. The van der Waals surface area contributed by atoms with Crippen molar-refractivity contribution in [2.75, 3.05) is 36.8 Å². The highest BCUT2D eigenvalue weighted by Crippen LogP contribution is 2.33. The summed E-state index contributed by atoms with van der Waals surface area (Å²) in [6.45, 7) is 2.48. The van der Waals surface area contributed by atoms with Crippen molar-refractivity contribution in [1.29, 1.82) is 0 Å². The third-order valence-electron chi connectivity index (χ3n) is 4.99. The minimum Gasteiger partial charge on any atom is -0.366 e. The Morgan fingerprint density at radius 2 is 1.68 bits per heavy atom. The Bertz CT molecular complexity index is 999. The fourth-order valence-electron chi connectivity index (χ4n) is 3.52. The number of benzene rings is 3. The smallest absolute Gasteiger partial charge is 0.233 e. The molecule has 1 aliphatic heterocycles. The third kappa shape index (κ3) is 3.96. The van der Waals surface area contributed by atoms with Gasteiger partial charge in [-0.1, -0.05) is 48.0 Å². The summed E-state index contributed by atoms with van der Waals surface area (Å²) in [7, 11) is 0. The largest absolute Gasteiger partial charge is 0.366 e. The Balaban J connectivity index is 1.38. The second kappa shape index (κ2) is 8.41. The first-order valence-electron chi connectivity index (χ1n) is 9.21. The molecule has 1 amide bonds. The quantitative estimate of drug-likeness (QED) is 0.556. The van der Waals surface area contributed by atoms with Gasteiger partial charge < -0.3 is 9.80 Å². The first kappa shape index (κ1) is 19.1. The number of carbonyl (C=O) groups is 1. The van der Waals surface area contributed by atoms with Crippen LogP contribution in [0.25, 0.3) is 10.8 Å². The molecule has 3 aromatic rings. The van der Waals surface area contributed by atoms with Gasteiger partial charge in [0.15, 0.2) is 0 Å². The molecule has 3 aromatic carbocycles. The third-order valence-corrected chi connectivity index (χ3v) is 6.35. The van der Waals surface area contributed by atoms with Crippen LogP contribution >= 0.6 is 23.4 Å². The normalized spacial score (nSPS) is 14.5. The van der Waals surface area contributed by atoms with Gasteiger partial charge in [0.05, 0.1) is 11.4 Å². The number of carbonyl (C=O) groups excluding carboxylic acids is 1. The summed E-state index contributed by atoms with van der Waals surface area (Å²) in [5.41, 5.74) is 0.606. The van der Waals surface area contributed by atoms with Gasteiger partial charge in [-0.3, -0.25) is 4.79 Å². The first-order chi connectivity index (χ1) is 13.6. The standard InChI is InChI=1S/C22H20ClFN2OS/c23-17-7-3-5-16-6-4-10-20(22(16)17)28-15-21(27)26-13-11-25(12-14-26)19-9-2-1-8-18(19)24/h1-10H,11-15H2. The fraction of sp³-hybridized carbons (Fsp3) is 0.227. The van der Waals surface area contributed by atoms with Gasteiger partial charge in [0.1, 0.15) is 5.82 Å². The maximum absolute atomic E-state index is 14.0. The SMILES string of the molecule is O=C(CSc1cccc2cccc(Cl)c12)N1CCN(c2ccccc2F)CC1. The van der Waals surface area contributed by atoms with Gasteiger partial charge in [-0.05, 0) is 29.7 Å². The van der Waals surface area contributed by atoms with E-state index >= 15 is 0 Å². The number of rotatable bonds is 4. The van der Waals surface area contributed by atoms with Crippen LogP contribution in [0.3, 0.4) is 0 Å². The number of hydrogen-bond acceptors (Lipinski definition) is 3. The molecule has 0 radical (unpaired) electrons. The van der Waals surface area contributed by atoms with E-state index in [0.29, 0.717) is 42.6 Å². The molecule has 0 aromatic heterocycles. The molecule has 1 saturated heterocycles. The molecule has 0 bridgehead atoms. The van der Waals surface area contributed by atoms with Crippen molar-refractivity contribution < 1.29 is 9.18 Å². The van der Waals surface area contributed by atoms with Crippen LogP contribution in [0.2, 0.25) is 5.02 Å². The van der Waals surface area contributed by atoms with Gasteiger partial charge in [-0.25, -0.2) is 4.39 Å². The van der Waals surface area contributed by atoms with E-state index in [0.717, 1.165) is 15.7 Å². The number of thioether (sulfide) groups is 1. The molecule has 28 heavy (non-hydrogen) atoms. The lowest BCUT2D eigenvalue weighted by atomic mass is 10.1. The minimum atomic E-state index is -0.217. The Kier molecular flexibility index (Phi) is 5.74. The molecular weight excluding hydrogens is 395 g/mol. The number of nitrogens with zero attached hydrogens (tertiary/aromatic N) is 2. The molecule has 0 N–H and O–H groups in total. The monoisotopic (exact) mass is 414 g/mol. The molecule has 1 fully saturated rings. The highest BCUT2D eigenvalue weighted by molar-refractivity contribution is 8.00. The van der Waals surface area contributed by atoms with Gasteiger partial charge in [-0.15, -0.1) is 11.8 Å². The molecular formula is C22H20ClFN2OS. The molecule has 4 rings (SSSR count). The maximum atomic E-state index is 14.0.